The van der Waals surface area contributed by atoms with Gasteiger partial charge < -0.3 is 20.5 Å². The molecule has 5 rings (SSSR count). The predicted octanol–water partition coefficient (Wildman–Crippen LogP) is 4.59. The third-order valence-corrected chi connectivity index (χ3v) is 8.69. The minimum Gasteiger partial charge on any atom is -0.497 e. The Labute approximate surface area is 239 Å². The summed E-state index contributed by atoms with van der Waals surface area (Å²) in [6, 6.07) is 16.7. The molecule has 10 nitrogen and oxygen atoms in total. The van der Waals surface area contributed by atoms with E-state index in [1.54, 1.807) is 49.5 Å². The second-order valence-corrected chi connectivity index (χ2v) is 11.2. The van der Waals surface area contributed by atoms with Crippen LogP contribution in [-0.4, -0.2) is 41.9 Å². The number of carbonyl (C=O) groups is 2. The van der Waals surface area contributed by atoms with E-state index in [0.717, 1.165) is 0 Å². The van der Waals surface area contributed by atoms with E-state index in [1.807, 2.05) is 18.2 Å². The molecule has 0 spiro atoms. The van der Waals surface area contributed by atoms with Gasteiger partial charge in [-0.25, -0.2) is 0 Å². The van der Waals surface area contributed by atoms with Crippen LogP contribution >= 0.6 is 23.1 Å². The number of allylic oxidation sites excluding steroid dienone is 3. The number of carbonyl (C=O) groups excluding carboxylic acids is 2. The number of ketones is 1. The van der Waals surface area contributed by atoms with E-state index in [4.69, 9.17) is 15.2 Å². The second-order valence-electron chi connectivity index (χ2n) is 8.97. The molecule has 1 unspecified atom stereocenters. The summed E-state index contributed by atoms with van der Waals surface area (Å²) in [5, 5.41) is 22.1. The molecule has 0 fully saturated rings. The third kappa shape index (κ3) is 5.25. The fourth-order valence-corrected chi connectivity index (χ4v) is 6.55. The number of nitriles is 1. The van der Waals surface area contributed by atoms with Gasteiger partial charge in [0.25, 0.3) is 0 Å². The van der Waals surface area contributed by atoms with Crippen LogP contribution in [0.3, 0.4) is 0 Å². The number of methoxy groups -OCH3 is 2. The fourth-order valence-electron chi connectivity index (χ4n) is 4.87. The van der Waals surface area contributed by atoms with Crippen molar-refractivity contribution in [3.05, 3.63) is 76.8 Å². The van der Waals surface area contributed by atoms with Gasteiger partial charge in [0.05, 0.1) is 37.5 Å². The van der Waals surface area contributed by atoms with E-state index < -0.39 is 5.92 Å². The number of nitrogens with two attached hydrogens (primary N) is 1. The van der Waals surface area contributed by atoms with Crippen molar-refractivity contribution in [1.82, 2.24) is 10.2 Å². The molecule has 1 amide bonds. The van der Waals surface area contributed by atoms with Crippen LogP contribution in [0, 0.1) is 11.3 Å². The van der Waals surface area contributed by atoms with Crippen molar-refractivity contribution in [2.75, 3.05) is 30.2 Å². The summed E-state index contributed by atoms with van der Waals surface area (Å²) in [6.07, 6.45) is 1.64. The number of aromatic nitrogens is 2. The number of ether oxygens (including phenoxy) is 2. The van der Waals surface area contributed by atoms with Gasteiger partial charge in [0.1, 0.15) is 17.3 Å². The Morgan fingerprint density at radius 2 is 1.95 bits per heavy atom. The van der Waals surface area contributed by atoms with Gasteiger partial charge in [-0.15, -0.1) is 10.2 Å². The lowest BCUT2D eigenvalue weighted by Gasteiger charge is -2.38. The maximum atomic E-state index is 13.3. The highest BCUT2D eigenvalue weighted by Gasteiger charge is 2.42. The molecule has 3 N–H and O–H groups in total. The quantitative estimate of drug-likeness (QED) is 0.367. The van der Waals surface area contributed by atoms with Gasteiger partial charge in [0.15, 0.2) is 10.1 Å². The number of Topliss-reactive ketones (excluding diaryl/α,β-unsaturated/α-hetero) is 1. The molecule has 0 bridgehead atoms. The first-order chi connectivity index (χ1) is 19.4. The highest BCUT2D eigenvalue weighted by Crippen LogP contribution is 2.48. The van der Waals surface area contributed by atoms with Crippen molar-refractivity contribution >= 4 is 45.6 Å². The SMILES string of the molecule is COc1ccc(NC(=O)CSc2nnc(N3C(N)=C(C#N)C(c4ccccc4OC)C4=C3CCCC4=O)s2)cc1. The molecular formula is C28H26N6O4S2. The number of nitrogens with one attached hydrogen (secondary N) is 1. The lowest BCUT2D eigenvalue weighted by molar-refractivity contribution is -0.116. The zero-order valence-corrected chi connectivity index (χ0v) is 23.5. The molecular weight excluding hydrogens is 548 g/mol. The molecule has 1 aliphatic carbocycles. The van der Waals surface area contributed by atoms with Gasteiger partial charge in [-0.05, 0) is 43.2 Å². The molecule has 1 aliphatic heterocycles. The summed E-state index contributed by atoms with van der Waals surface area (Å²) < 4.78 is 11.3. The molecule has 0 saturated carbocycles. The standard InChI is InChI=1S/C28H26N6O4S2/c1-37-17-12-10-16(11-13-17)31-23(36)15-39-28-33-32-27(40-28)34-20-7-5-8-21(35)25(20)24(19(14-29)26(34)30)18-6-3-4-9-22(18)38-2/h3-4,6,9-13,24H,5,7-8,15,30H2,1-2H3,(H,31,36). The number of thioether (sulfide) groups is 1. The maximum absolute atomic E-state index is 13.3. The topological polar surface area (TPSA) is 143 Å². The van der Waals surface area contributed by atoms with Crippen molar-refractivity contribution in [2.45, 2.75) is 29.5 Å². The molecule has 12 heteroatoms. The smallest absolute Gasteiger partial charge is 0.234 e. The maximum Gasteiger partial charge on any atom is 0.234 e. The Hall–Kier alpha value is -4.34. The van der Waals surface area contributed by atoms with E-state index in [2.05, 4.69) is 21.6 Å². The molecule has 2 aromatic carbocycles. The van der Waals surface area contributed by atoms with Crippen molar-refractivity contribution < 1.29 is 19.1 Å². The van der Waals surface area contributed by atoms with Gasteiger partial charge in [0.2, 0.25) is 11.0 Å². The minimum atomic E-state index is -0.636. The fraction of sp³-hybridized carbons (Fsp3) is 0.250. The number of amides is 1. The Morgan fingerprint density at radius 3 is 2.67 bits per heavy atom. The van der Waals surface area contributed by atoms with Crippen molar-refractivity contribution in [2.24, 2.45) is 5.73 Å². The Morgan fingerprint density at radius 1 is 1.18 bits per heavy atom. The van der Waals surface area contributed by atoms with Gasteiger partial charge in [-0.1, -0.05) is 41.3 Å². The number of hydrogen-bond acceptors (Lipinski definition) is 11. The number of anilines is 2. The molecule has 2 heterocycles. The van der Waals surface area contributed by atoms with Gasteiger partial charge in [-0.3, -0.25) is 14.5 Å². The van der Waals surface area contributed by atoms with E-state index >= 15 is 0 Å². The molecule has 3 aromatic rings. The average Bonchev–Trinajstić information content (AvgIpc) is 3.44. The van der Waals surface area contributed by atoms with Crippen LogP contribution in [0.15, 0.2) is 75.5 Å². The molecule has 1 atom stereocenters. The van der Waals surface area contributed by atoms with Crippen LogP contribution in [0.1, 0.15) is 30.7 Å². The van der Waals surface area contributed by atoms with Crippen molar-refractivity contribution in [3.63, 3.8) is 0 Å². The summed E-state index contributed by atoms with van der Waals surface area (Å²) in [5.74, 6) is 0.745. The summed E-state index contributed by atoms with van der Waals surface area (Å²) in [5.41, 5.74) is 9.50. The Bertz CT molecular complexity index is 1560. The third-order valence-electron chi connectivity index (χ3n) is 6.65. The summed E-state index contributed by atoms with van der Waals surface area (Å²) >= 11 is 2.49. The second kappa shape index (κ2) is 11.8. The zero-order chi connectivity index (χ0) is 28.2. The highest BCUT2D eigenvalue weighted by atomic mass is 32.2. The number of hydrogen-bond donors (Lipinski definition) is 2. The summed E-state index contributed by atoms with van der Waals surface area (Å²) in [7, 11) is 3.14. The number of rotatable bonds is 8. The normalized spacial score (nSPS) is 16.9. The lowest BCUT2D eigenvalue weighted by Crippen LogP contribution is -2.38. The molecule has 0 saturated heterocycles. The van der Waals surface area contributed by atoms with Crippen LogP contribution < -0.4 is 25.4 Å². The van der Waals surface area contributed by atoms with Gasteiger partial charge >= 0.3 is 0 Å². The number of para-hydroxylation sites is 1. The van der Waals surface area contributed by atoms with Crippen molar-refractivity contribution in [3.8, 4) is 17.6 Å². The van der Waals surface area contributed by atoms with Crippen LogP contribution in [-0.2, 0) is 9.59 Å². The van der Waals surface area contributed by atoms with Gasteiger partial charge in [0, 0.05) is 28.9 Å². The van der Waals surface area contributed by atoms with E-state index in [9.17, 15) is 14.9 Å². The molecule has 40 heavy (non-hydrogen) atoms. The Balaban J connectivity index is 1.41. The predicted molar refractivity (Wildman–Crippen MR) is 153 cm³/mol. The number of nitrogens with zero attached hydrogens (tertiary/aromatic N) is 4. The van der Waals surface area contributed by atoms with Crippen LogP contribution in [0.5, 0.6) is 11.5 Å². The van der Waals surface area contributed by atoms with E-state index in [-0.39, 0.29) is 28.8 Å². The monoisotopic (exact) mass is 574 g/mol. The summed E-state index contributed by atoms with van der Waals surface area (Å²) in [6.45, 7) is 0. The number of benzene rings is 2. The largest absolute Gasteiger partial charge is 0.497 e. The average molecular weight is 575 g/mol. The first-order valence-corrected chi connectivity index (χ1v) is 14.2. The zero-order valence-electron chi connectivity index (χ0n) is 21.8. The molecule has 1 aromatic heterocycles. The minimum absolute atomic E-state index is 0.0308. The molecule has 204 valence electrons. The van der Waals surface area contributed by atoms with Crippen LogP contribution in [0.25, 0.3) is 0 Å². The van der Waals surface area contributed by atoms with Crippen LogP contribution in [0.2, 0.25) is 0 Å². The molecule has 0 radical (unpaired) electrons. The van der Waals surface area contributed by atoms with E-state index in [1.165, 1.54) is 23.1 Å². The Kier molecular flexibility index (Phi) is 8.04. The molecule has 2 aliphatic rings. The van der Waals surface area contributed by atoms with Gasteiger partial charge in [-0.2, -0.15) is 5.26 Å². The summed E-state index contributed by atoms with van der Waals surface area (Å²) in [4.78, 5) is 27.5. The first kappa shape index (κ1) is 27.2. The lowest BCUT2D eigenvalue weighted by atomic mass is 9.75. The highest BCUT2D eigenvalue weighted by molar-refractivity contribution is 8.01. The van der Waals surface area contributed by atoms with Crippen molar-refractivity contribution in [1.29, 1.82) is 5.26 Å². The first-order valence-electron chi connectivity index (χ1n) is 12.4. The van der Waals surface area contributed by atoms with E-state index in [0.29, 0.717) is 62.8 Å². The van der Waals surface area contributed by atoms with Crippen LogP contribution in [0.4, 0.5) is 10.8 Å².